The van der Waals surface area contributed by atoms with Gasteiger partial charge in [0, 0.05) is 18.0 Å². The summed E-state index contributed by atoms with van der Waals surface area (Å²) in [6, 6.07) is 9.57. The standard InChI is InChI=1S/C23H25N3O4S/c1-28-18-10-15(11-19(29-2)23(18)30-3)12-22(27)25-17-4-5-21(24-13-17)26-8-6-20-16(14-26)7-9-31-20/h4-5,7,9-11,13H,6,8,12,14H2,1-3H3,(H,25,27). The number of carbonyl (C=O) groups excluding carboxylic acids is 1. The minimum Gasteiger partial charge on any atom is -0.493 e. The topological polar surface area (TPSA) is 72.9 Å². The number of aromatic nitrogens is 1. The van der Waals surface area contributed by atoms with Crippen molar-refractivity contribution in [1.29, 1.82) is 0 Å². The number of carbonyl (C=O) groups is 1. The summed E-state index contributed by atoms with van der Waals surface area (Å²) >= 11 is 1.82. The SMILES string of the molecule is COc1cc(CC(=O)Nc2ccc(N3CCc4sccc4C3)nc2)cc(OC)c1OC. The lowest BCUT2D eigenvalue weighted by atomic mass is 10.1. The van der Waals surface area contributed by atoms with Crippen molar-refractivity contribution in [2.24, 2.45) is 0 Å². The van der Waals surface area contributed by atoms with Gasteiger partial charge in [0.15, 0.2) is 11.5 Å². The number of benzene rings is 1. The Balaban J connectivity index is 1.40. The maximum absolute atomic E-state index is 12.6. The zero-order chi connectivity index (χ0) is 21.8. The number of ether oxygens (including phenoxy) is 3. The van der Waals surface area contributed by atoms with E-state index in [2.05, 4.69) is 26.6 Å². The maximum atomic E-state index is 12.6. The van der Waals surface area contributed by atoms with Crippen molar-refractivity contribution < 1.29 is 19.0 Å². The molecule has 3 aromatic rings. The number of hydrogen-bond acceptors (Lipinski definition) is 7. The summed E-state index contributed by atoms with van der Waals surface area (Å²) in [5.41, 5.74) is 2.80. The van der Waals surface area contributed by atoms with Gasteiger partial charge in [-0.1, -0.05) is 0 Å². The number of amides is 1. The van der Waals surface area contributed by atoms with Crippen LogP contribution in [0, 0.1) is 0 Å². The van der Waals surface area contributed by atoms with E-state index >= 15 is 0 Å². The van der Waals surface area contributed by atoms with Gasteiger partial charge in [0.05, 0.1) is 39.6 Å². The maximum Gasteiger partial charge on any atom is 0.228 e. The number of hydrogen-bond donors (Lipinski definition) is 1. The molecule has 1 aliphatic rings. The molecule has 0 bridgehead atoms. The molecular formula is C23H25N3O4S. The fraction of sp³-hybridized carbons (Fsp3) is 0.304. The summed E-state index contributed by atoms with van der Waals surface area (Å²) in [6.07, 6.45) is 2.92. The first-order valence-corrected chi connectivity index (χ1v) is 10.8. The van der Waals surface area contributed by atoms with Crippen LogP contribution in [0.5, 0.6) is 17.2 Å². The molecule has 0 spiro atoms. The minimum absolute atomic E-state index is 0.148. The van der Waals surface area contributed by atoms with E-state index in [1.54, 1.807) is 39.7 Å². The van der Waals surface area contributed by atoms with E-state index in [4.69, 9.17) is 14.2 Å². The summed E-state index contributed by atoms with van der Waals surface area (Å²) in [7, 11) is 4.65. The van der Waals surface area contributed by atoms with Crippen LogP contribution >= 0.6 is 11.3 Å². The third kappa shape index (κ3) is 4.59. The van der Waals surface area contributed by atoms with Gasteiger partial charge in [0.25, 0.3) is 0 Å². The van der Waals surface area contributed by atoms with E-state index in [9.17, 15) is 4.79 Å². The van der Waals surface area contributed by atoms with E-state index in [-0.39, 0.29) is 12.3 Å². The monoisotopic (exact) mass is 439 g/mol. The molecule has 0 unspecified atom stereocenters. The van der Waals surface area contributed by atoms with Crippen LogP contribution in [0.4, 0.5) is 11.5 Å². The van der Waals surface area contributed by atoms with Crippen LogP contribution in [0.3, 0.4) is 0 Å². The van der Waals surface area contributed by atoms with E-state index in [1.807, 2.05) is 23.5 Å². The highest BCUT2D eigenvalue weighted by Crippen LogP contribution is 2.38. The Morgan fingerprint density at radius 3 is 2.55 bits per heavy atom. The zero-order valence-electron chi connectivity index (χ0n) is 17.8. The van der Waals surface area contributed by atoms with Gasteiger partial charge in [-0.2, -0.15) is 0 Å². The first kappa shape index (κ1) is 21.0. The Kier molecular flexibility index (Phi) is 6.27. The number of fused-ring (bicyclic) bond motifs is 1. The van der Waals surface area contributed by atoms with E-state index in [0.29, 0.717) is 22.9 Å². The lowest BCUT2D eigenvalue weighted by Gasteiger charge is -2.28. The highest BCUT2D eigenvalue weighted by atomic mass is 32.1. The van der Waals surface area contributed by atoms with Crippen molar-refractivity contribution in [3.8, 4) is 17.2 Å². The summed E-state index contributed by atoms with van der Waals surface area (Å²) in [5.74, 6) is 2.31. The first-order valence-electron chi connectivity index (χ1n) is 9.96. The Labute approximate surface area is 185 Å². The summed E-state index contributed by atoms with van der Waals surface area (Å²) in [4.78, 5) is 20.8. The molecule has 31 heavy (non-hydrogen) atoms. The van der Waals surface area contributed by atoms with Crippen LogP contribution in [0.2, 0.25) is 0 Å². The van der Waals surface area contributed by atoms with Gasteiger partial charge in [-0.05, 0) is 53.3 Å². The normalized spacial score (nSPS) is 12.8. The molecule has 4 rings (SSSR count). The van der Waals surface area contributed by atoms with Crippen LogP contribution < -0.4 is 24.4 Å². The van der Waals surface area contributed by atoms with Gasteiger partial charge in [-0.3, -0.25) is 4.79 Å². The molecule has 162 valence electrons. The number of anilines is 2. The molecule has 2 aromatic heterocycles. The largest absolute Gasteiger partial charge is 0.493 e. The van der Waals surface area contributed by atoms with Gasteiger partial charge < -0.3 is 24.4 Å². The van der Waals surface area contributed by atoms with Crippen molar-refractivity contribution in [3.63, 3.8) is 0 Å². The zero-order valence-corrected chi connectivity index (χ0v) is 18.6. The van der Waals surface area contributed by atoms with Gasteiger partial charge in [-0.25, -0.2) is 4.98 Å². The summed E-state index contributed by atoms with van der Waals surface area (Å²) in [6.45, 7) is 1.83. The molecular weight excluding hydrogens is 414 g/mol. The van der Waals surface area contributed by atoms with Crippen molar-refractivity contribution >= 4 is 28.7 Å². The molecule has 0 aliphatic carbocycles. The molecule has 3 heterocycles. The average molecular weight is 440 g/mol. The highest BCUT2D eigenvalue weighted by molar-refractivity contribution is 7.10. The second-order valence-corrected chi connectivity index (χ2v) is 8.20. The number of thiophene rings is 1. The van der Waals surface area contributed by atoms with Gasteiger partial charge in [0.2, 0.25) is 11.7 Å². The first-order chi connectivity index (χ1) is 15.1. The predicted octanol–water partition coefficient (Wildman–Crippen LogP) is 3.91. The fourth-order valence-corrected chi connectivity index (χ4v) is 4.61. The number of pyridine rings is 1. The summed E-state index contributed by atoms with van der Waals surface area (Å²) < 4.78 is 16.0. The molecule has 1 aliphatic heterocycles. The molecule has 0 fully saturated rings. The summed E-state index contributed by atoms with van der Waals surface area (Å²) in [5, 5.41) is 5.05. The van der Waals surface area contributed by atoms with Crippen molar-refractivity contribution in [2.75, 3.05) is 38.1 Å². The van der Waals surface area contributed by atoms with Gasteiger partial charge in [0.1, 0.15) is 5.82 Å². The molecule has 0 radical (unpaired) electrons. The number of methoxy groups -OCH3 is 3. The van der Waals surface area contributed by atoms with Crippen molar-refractivity contribution in [1.82, 2.24) is 4.98 Å². The van der Waals surface area contributed by atoms with Crippen LogP contribution in [-0.4, -0.2) is 38.8 Å². The molecule has 1 amide bonds. The van der Waals surface area contributed by atoms with Gasteiger partial charge >= 0.3 is 0 Å². The van der Waals surface area contributed by atoms with Crippen LogP contribution in [0.1, 0.15) is 16.0 Å². The van der Waals surface area contributed by atoms with Crippen LogP contribution in [0.15, 0.2) is 41.9 Å². The highest BCUT2D eigenvalue weighted by Gasteiger charge is 2.19. The number of nitrogens with zero attached hydrogens (tertiary/aromatic N) is 2. The second kappa shape index (κ2) is 9.26. The quantitative estimate of drug-likeness (QED) is 0.602. The molecule has 1 aromatic carbocycles. The predicted molar refractivity (Wildman–Crippen MR) is 122 cm³/mol. The van der Waals surface area contributed by atoms with E-state index in [1.165, 1.54) is 10.4 Å². The molecule has 8 heteroatoms. The molecule has 7 nitrogen and oxygen atoms in total. The minimum atomic E-state index is -0.148. The smallest absolute Gasteiger partial charge is 0.228 e. The molecule has 0 atom stereocenters. The average Bonchev–Trinajstić information content (AvgIpc) is 3.26. The van der Waals surface area contributed by atoms with E-state index < -0.39 is 0 Å². The number of rotatable bonds is 7. The lowest BCUT2D eigenvalue weighted by Crippen LogP contribution is -2.30. The lowest BCUT2D eigenvalue weighted by molar-refractivity contribution is -0.115. The fourth-order valence-electron chi connectivity index (χ4n) is 3.72. The molecule has 1 N–H and O–H groups in total. The number of nitrogens with one attached hydrogen (secondary N) is 1. The van der Waals surface area contributed by atoms with Crippen molar-refractivity contribution in [3.05, 3.63) is 57.9 Å². The second-order valence-electron chi connectivity index (χ2n) is 7.20. The van der Waals surface area contributed by atoms with Crippen LogP contribution in [0.25, 0.3) is 0 Å². The van der Waals surface area contributed by atoms with Gasteiger partial charge in [-0.15, -0.1) is 11.3 Å². The Morgan fingerprint density at radius 2 is 1.90 bits per heavy atom. The Morgan fingerprint density at radius 1 is 1.13 bits per heavy atom. The third-order valence-corrected chi connectivity index (χ3v) is 6.28. The molecule has 0 saturated heterocycles. The molecule has 0 saturated carbocycles. The van der Waals surface area contributed by atoms with Crippen LogP contribution in [-0.2, 0) is 24.2 Å². The Bertz CT molecular complexity index is 1040. The van der Waals surface area contributed by atoms with E-state index in [0.717, 1.165) is 30.9 Å². The van der Waals surface area contributed by atoms with Crippen molar-refractivity contribution in [2.45, 2.75) is 19.4 Å². The Hall–Kier alpha value is -3.26. The third-order valence-electron chi connectivity index (χ3n) is 5.25.